The first-order valence-corrected chi connectivity index (χ1v) is 7.14. The summed E-state index contributed by atoms with van der Waals surface area (Å²) in [7, 11) is 1.41. The molecular weight excluding hydrogens is 356 g/mol. The molecule has 0 spiro atoms. The molecule has 26 heavy (non-hydrogen) atoms. The van der Waals surface area contributed by atoms with Crippen LogP contribution in [-0.4, -0.2) is 25.3 Å². The third-order valence-electron chi connectivity index (χ3n) is 3.09. The zero-order chi connectivity index (χ0) is 19.3. The van der Waals surface area contributed by atoms with Crippen molar-refractivity contribution in [2.45, 2.75) is 6.36 Å². The number of benzene rings is 2. The summed E-state index contributed by atoms with van der Waals surface area (Å²) in [6.45, 7) is 0. The molecule has 0 unspecified atom stereocenters. The normalized spacial score (nSPS) is 11.8. The van der Waals surface area contributed by atoms with Gasteiger partial charge in [-0.25, -0.2) is 14.2 Å². The molecule has 2 rings (SSSR count). The van der Waals surface area contributed by atoms with E-state index in [9.17, 15) is 22.4 Å². The zero-order valence-electron chi connectivity index (χ0n) is 13.4. The number of rotatable bonds is 3. The summed E-state index contributed by atoms with van der Waals surface area (Å²) in [5.41, 5.74) is 8.39. The molecule has 0 atom stereocenters. The van der Waals surface area contributed by atoms with E-state index >= 15 is 0 Å². The number of nitrogens with two attached hydrogens (primary N) is 1. The highest BCUT2D eigenvalue weighted by Gasteiger charge is 2.31. The van der Waals surface area contributed by atoms with Crippen LogP contribution in [0.5, 0.6) is 5.75 Å². The number of primary amides is 1. The Kier molecular flexibility index (Phi) is 5.65. The number of hydrogen-bond acceptors (Lipinski definition) is 3. The highest BCUT2D eigenvalue weighted by molar-refractivity contribution is 6.03. The summed E-state index contributed by atoms with van der Waals surface area (Å²) in [4.78, 5) is 15.6. The fraction of sp³-hybridized carbons (Fsp3) is 0.125. The smallest absolute Gasteiger partial charge is 0.406 e. The van der Waals surface area contributed by atoms with Crippen molar-refractivity contribution in [3.8, 4) is 5.75 Å². The minimum Gasteiger partial charge on any atom is -0.406 e. The molecule has 3 N–H and O–H groups in total. The van der Waals surface area contributed by atoms with Crippen LogP contribution >= 0.6 is 0 Å². The second kappa shape index (κ2) is 7.72. The quantitative estimate of drug-likeness (QED) is 0.377. The lowest BCUT2D eigenvalue weighted by Crippen LogP contribution is -2.49. The molecule has 0 aromatic heterocycles. The number of nitrogens with zero attached hydrogens (tertiary/aromatic N) is 2. The lowest BCUT2D eigenvalue weighted by molar-refractivity contribution is -0.274. The van der Waals surface area contributed by atoms with E-state index in [0.29, 0.717) is 5.56 Å². The van der Waals surface area contributed by atoms with Crippen LogP contribution in [0.2, 0.25) is 0 Å². The maximum atomic E-state index is 13.4. The van der Waals surface area contributed by atoms with Crippen molar-refractivity contribution in [1.29, 1.82) is 0 Å². The molecular formula is C16H14F4N4O2. The summed E-state index contributed by atoms with van der Waals surface area (Å²) in [6.07, 6.45) is -4.83. The average Bonchev–Trinajstić information content (AvgIpc) is 2.55. The topological polar surface area (TPSA) is 80.0 Å². The number of anilines is 1. The molecule has 0 bridgehead atoms. The number of hydrogen-bond donors (Lipinski definition) is 2. The van der Waals surface area contributed by atoms with E-state index in [4.69, 9.17) is 5.73 Å². The van der Waals surface area contributed by atoms with Gasteiger partial charge in [-0.2, -0.15) is 0 Å². The Morgan fingerprint density at radius 1 is 1.19 bits per heavy atom. The van der Waals surface area contributed by atoms with Crippen molar-refractivity contribution >= 4 is 17.6 Å². The number of amidine groups is 1. The summed E-state index contributed by atoms with van der Waals surface area (Å²) in [5.74, 6) is -0.844. The van der Waals surface area contributed by atoms with Gasteiger partial charge in [0.05, 0.1) is 5.69 Å². The van der Waals surface area contributed by atoms with Crippen molar-refractivity contribution in [2.24, 2.45) is 10.7 Å². The number of hydrazine groups is 1. The maximum absolute atomic E-state index is 13.4. The summed E-state index contributed by atoms with van der Waals surface area (Å²) in [5, 5.41) is 0.852. The second-order valence-corrected chi connectivity index (χ2v) is 4.91. The van der Waals surface area contributed by atoms with E-state index in [1.165, 1.54) is 37.4 Å². The predicted octanol–water partition coefficient (Wildman–Crippen LogP) is 3.19. The van der Waals surface area contributed by atoms with Crippen molar-refractivity contribution < 1.29 is 27.1 Å². The van der Waals surface area contributed by atoms with Crippen LogP contribution in [0.15, 0.2) is 53.5 Å². The third-order valence-corrected chi connectivity index (χ3v) is 3.09. The minimum atomic E-state index is -4.83. The van der Waals surface area contributed by atoms with Crippen LogP contribution in [0, 0.1) is 5.82 Å². The number of halogens is 4. The van der Waals surface area contributed by atoms with Crippen molar-refractivity contribution in [3.63, 3.8) is 0 Å². The van der Waals surface area contributed by atoms with Crippen molar-refractivity contribution in [1.82, 2.24) is 5.43 Å². The highest BCUT2D eigenvalue weighted by atomic mass is 19.4. The van der Waals surface area contributed by atoms with Gasteiger partial charge < -0.3 is 10.5 Å². The Balaban J connectivity index is 2.24. The van der Waals surface area contributed by atoms with Crippen LogP contribution in [0.3, 0.4) is 0 Å². The van der Waals surface area contributed by atoms with Crippen molar-refractivity contribution in [2.75, 3.05) is 12.1 Å². The van der Waals surface area contributed by atoms with Gasteiger partial charge in [0.2, 0.25) is 0 Å². The largest absolute Gasteiger partial charge is 0.573 e. The van der Waals surface area contributed by atoms with Gasteiger partial charge in [0.15, 0.2) is 0 Å². The Morgan fingerprint density at radius 2 is 1.85 bits per heavy atom. The molecule has 2 aromatic carbocycles. The molecule has 0 saturated heterocycles. The standard InChI is InChI=1S/C16H14F4N4O2/c1-22-14(10-3-2-4-11(17)9-10)23-24(15(21)25)12-5-7-13(8-6-12)26-16(18,19)20/h2-9H,1H3,(H2,21,25)(H,22,23). The van der Waals surface area contributed by atoms with Gasteiger partial charge in [0.1, 0.15) is 17.4 Å². The number of ether oxygens (including phenoxy) is 1. The summed E-state index contributed by atoms with van der Waals surface area (Å²) < 4.78 is 53.7. The van der Waals surface area contributed by atoms with E-state index in [2.05, 4.69) is 15.2 Å². The summed E-state index contributed by atoms with van der Waals surface area (Å²) >= 11 is 0. The molecule has 10 heteroatoms. The SMILES string of the molecule is CN=C(NN(C(N)=O)c1ccc(OC(F)(F)F)cc1)c1cccc(F)c1. The number of carbonyl (C=O) groups excluding carboxylic acids is 1. The van der Waals surface area contributed by atoms with E-state index < -0.39 is 24.0 Å². The Labute approximate surface area is 145 Å². The molecule has 0 heterocycles. The van der Waals surface area contributed by atoms with Crippen LogP contribution < -0.4 is 20.9 Å². The molecule has 0 fully saturated rings. The highest BCUT2D eigenvalue weighted by Crippen LogP contribution is 2.25. The molecule has 0 aliphatic carbocycles. The Bertz CT molecular complexity index is 807. The van der Waals surface area contributed by atoms with E-state index in [1.54, 1.807) is 6.07 Å². The fourth-order valence-corrected chi connectivity index (χ4v) is 2.03. The summed E-state index contributed by atoms with van der Waals surface area (Å²) in [6, 6.07) is 8.91. The fourth-order valence-electron chi connectivity index (χ4n) is 2.03. The number of alkyl halides is 3. The maximum Gasteiger partial charge on any atom is 0.573 e. The van der Waals surface area contributed by atoms with Gasteiger partial charge in [-0.05, 0) is 36.4 Å². The Hall–Kier alpha value is -3.30. The van der Waals surface area contributed by atoms with Crippen LogP contribution in [-0.2, 0) is 0 Å². The Morgan fingerprint density at radius 3 is 2.35 bits per heavy atom. The minimum absolute atomic E-state index is 0.124. The molecule has 0 aliphatic heterocycles. The number of aliphatic imine (C=N–C) groups is 1. The number of carbonyl (C=O) groups is 1. The zero-order valence-corrected chi connectivity index (χ0v) is 13.4. The molecule has 138 valence electrons. The van der Waals surface area contributed by atoms with Crippen LogP contribution in [0.4, 0.5) is 28.0 Å². The second-order valence-electron chi connectivity index (χ2n) is 4.91. The number of nitrogens with one attached hydrogen (secondary N) is 1. The van der Waals surface area contributed by atoms with Gasteiger partial charge in [0, 0.05) is 12.6 Å². The number of urea groups is 1. The monoisotopic (exact) mass is 370 g/mol. The predicted molar refractivity (Wildman–Crippen MR) is 87.2 cm³/mol. The van der Waals surface area contributed by atoms with Gasteiger partial charge in [-0.3, -0.25) is 10.4 Å². The molecule has 2 amide bonds. The van der Waals surface area contributed by atoms with Gasteiger partial charge >= 0.3 is 12.4 Å². The molecule has 6 nitrogen and oxygen atoms in total. The lowest BCUT2D eigenvalue weighted by Gasteiger charge is -2.23. The van der Waals surface area contributed by atoms with Gasteiger partial charge in [-0.1, -0.05) is 12.1 Å². The van der Waals surface area contributed by atoms with E-state index in [0.717, 1.165) is 17.1 Å². The lowest BCUT2D eigenvalue weighted by atomic mass is 10.2. The average molecular weight is 370 g/mol. The van der Waals surface area contributed by atoms with Gasteiger partial charge in [0.25, 0.3) is 0 Å². The first kappa shape index (κ1) is 19.0. The first-order valence-electron chi connectivity index (χ1n) is 7.14. The number of amides is 2. The van der Waals surface area contributed by atoms with Crippen LogP contribution in [0.1, 0.15) is 5.56 Å². The third kappa shape index (κ3) is 5.10. The molecule has 0 aliphatic rings. The molecule has 0 radical (unpaired) electrons. The van der Waals surface area contributed by atoms with Crippen LogP contribution in [0.25, 0.3) is 0 Å². The molecule has 2 aromatic rings. The molecule has 0 saturated carbocycles. The van der Waals surface area contributed by atoms with Crippen molar-refractivity contribution in [3.05, 3.63) is 59.9 Å². The van der Waals surface area contributed by atoms with E-state index in [-0.39, 0.29) is 11.5 Å². The van der Waals surface area contributed by atoms with Gasteiger partial charge in [-0.15, -0.1) is 13.2 Å². The van der Waals surface area contributed by atoms with E-state index in [1.807, 2.05) is 0 Å². The first-order chi connectivity index (χ1) is 12.2.